The van der Waals surface area contributed by atoms with E-state index in [0.29, 0.717) is 5.56 Å². The molecule has 14 heavy (non-hydrogen) atoms. The minimum absolute atomic E-state index is 0.0168. The van der Waals surface area contributed by atoms with Gasteiger partial charge >= 0.3 is 0 Å². The molecule has 2 atom stereocenters. The molecule has 0 aromatic heterocycles. The maximum atomic E-state index is 13.4. The minimum Gasteiger partial charge on any atom is -0.327 e. The van der Waals surface area contributed by atoms with Gasteiger partial charge in [-0.15, -0.1) is 0 Å². The maximum absolute atomic E-state index is 13.4. The van der Waals surface area contributed by atoms with Crippen molar-refractivity contribution in [2.24, 2.45) is 11.1 Å². The molecule has 0 saturated heterocycles. The highest BCUT2D eigenvalue weighted by Crippen LogP contribution is 2.57. The third-order valence-corrected chi connectivity index (χ3v) is 3.21. The molecule has 0 heterocycles. The molecule has 0 amide bonds. The Hall–Kier alpha value is -0.960. The quantitative estimate of drug-likeness (QED) is 0.735. The SMILES string of the molecule is CC1(C)[C@@H](N)[C@@H]1c1ccc(F)cc1F. The second kappa shape index (κ2) is 2.76. The van der Waals surface area contributed by atoms with Crippen molar-refractivity contribution in [2.75, 3.05) is 0 Å². The summed E-state index contributed by atoms with van der Waals surface area (Å²) in [7, 11) is 0. The van der Waals surface area contributed by atoms with E-state index < -0.39 is 11.6 Å². The Morgan fingerprint density at radius 2 is 1.86 bits per heavy atom. The summed E-state index contributed by atoms with van der Waals surface area (Å²) in [6.07, 6.45) is 0. The summed E-state index contributed by atoms with van der Waals surface area (Å²) in [4.78, 5) is 0. The molecular weight excluding hydrogens is 184 g/mol. The largest absolute Gasteiger partial charge is 0.327 e. The summed E-state index contributed by atoms with van der Waals surface area (Å²) in [5, 5.41) is 0. The molecule has 1 nitrogen and oxygen atoms in total. The van der Waals surface area contributed by atoms with Crippen LogP contribution in [0.1, 0.15) is 25.3 Å². The van der Waals surface area contributed by atoms with Crippen molar-refractivity contribution < 1.29 is 8.78 Å². The van der Waals surface area contributed by atoms with E-state index in [2.05, 4.69) is 0 Å². The van der Waals surface area contributed by atoms with Crippen LogP contribution in [-0.4, -0.2) is 6.04 Å². The number of halogens is 2. The number of hydrogen-bond acceptors (Lipinski definition) is 1. The van der Waals surface area contributed by atoms with Crippen LogP contribution in [0.25, 0.3) is 0 Å². The predicted molar refractivity (Wildman–Crippen MR) is 50.9 cm³/mol. The average molecular weight is 197 g/mol. The zero-order valence-corrected chi connectivity index (χ0v) is 8.22. The van der Waals surface area contributed by atoms with Gasteiger partial charge in [-0.1, -0.05) is 19.9 Å². The van der Waals surface area contributed by atoms with Gasteiger partial charge in [-0.05, 0) is 17.0 Å². The first-order valence-corrected chi connectivity index (χ1v) is 4.65. The first-order valence-electron chi connectivity index (χ1n) is 4.65. The van der Waals surface area contributed by atoms with E-state index in [1.54, 1.807) is 0 Å². The lowest BCUT2D eigenvalue weighted by atomic mass is 10.0. The van der Waals surface area contributed by atoms with E-state index in [-0.39, 0.29) is 17.4 Å². The first kappa shape index (κ1) is 9.59. The summed E-state index contributed by atoms with van der Waals surface area (Å²) < 4.78 is 26.0. The number of nitrogens with two attached hydrogens (primary N) is 1. The van der Waals surface area contributed by atoms with Gasteiger partial charge in [-0.25, -0.2) is 8.78 Å². The molecule has 1 saturated carbocycles. The topological polar surface area (TPSA) is 26.0 Å². The summed E-state index contributed by atoms with van der Waals surface area (Å²) in [6, 6.07) is 3.65. The number of benzene rings is 1. The van der Waals surface area contributed by atoms with Crippen molar-refractivity contribution in [1.29, 1.82) is 0 Å². The Morgan fingerprint density at radius 3 is 2.29 bits per heavy atom. The Kier molecular flexibility index (Phi) is 1.89. The van der Waals surface area contributed by atoms with E-state index in [4.69, 9.17) is 5.73 Å². The molecule has 76 valence electrons. The molecule has 0 radical (unpaired) electrons. The first-order chi connectivity index (χ1) is 6.44. The van der Waals surface area contributed by atoms with E-state index in [0.717, 1.165) is 6.07 Å². The third kappa shape index (κ3) is 1.23. The summed E-state index contributed by atoms with van der Waals surface area (Å²) in [6.45, 7) is 3.98. The molecule has 2 N–H and O–H groups in total. The number of hydrogen-bond donors (Lipinski definition) is 1. The van der Waals surface area contributed by atoms with Gasteiger partial charge in [0.2, 0.25) is 0 Å². The van der Waals surface area contributed by atoms with Gasteiger partial charge in [0.1, 0.15) is 11.6 Å². The fourth-order valence-electron chi connectivity index (χ4n) is 2.03. The van der Waals surface area contributed by atoms with Crippen LogP contribution < -0.4 is 5.73 Å². The van der Waals surface area contributed by atoms with Gasteiger partial charge in [0.25, 0.3) is 0 Å². The van der Waals surface area contributed by atoms with Crippen LogP contribution in [0.15, 0.2) is 18.2 Å². The lowest BCUT2D eigenvalue weighted by Crippen LogP contribution is -2.06. The van der Waals surface area contributed by atoms with Gasteiger partial charge in [0.15, 0.2) is 0 Å². The molecule has 1 aliphatic rings. The monoisotopic (exact) mass is 197 g/mol. The van der Waals surface area contributed by atoms with Crippen molar-refractivity contribution in [2.45, 2.75) is 25.8 Å². The van der Waals surface area contributed by atoms with Crippen LogP contribution >= 0.6 is 0 Å². The molecule has 1 aliphatic carbocycles. The lowest BCUT2D eigenvalue weighted by molar-refractivity contribution is 0.554. The van der Waals surface area contributed by atoms with Crippen LogP contribution in [0.5, 0.6) is 0 Å². The third-order valence-electron chi connectivity index (χ3n) is 3.21. The molecule has 3 heteroatoms. The highest BCUT2D eigenvalue weighted by atomic mass is 19.1. The van der Waals surface area contributed by atoms with E-state index in [1.165, 1.54) is 12.1 Å². The van der Waals surface area contributed by atoms with E-state index >= 15 is 0 Å². The van der Waals surface area contributed by atoms with Crippen LogP contribution in [0.4, 0.5) is 8.78 Å². The molecular formula is C11H13F2N. The lowest BCUT2D eigenvalue weighted by Gasteiger charge is -2.04. The van der Waals surface area contributed by atoms with E-state index in [1.807, 2.05) is 13.8 Å². The summed E-state index contributed by atoms with van der Waals surface area (Å²) >= 11 is 0. The van der Waals surface area contributed by atoms with Crippen LogP contribution in [0, 0.1) is 17.0 Å². The Labute approximate surface area is 81.9 Å². The maximum Gasteiger partial charge on any atom is 0.129 e. The Balaban J connectivity index is 2.36. The van der Waals surface area contributed by atoms with Crippen LogP contribution in [-0.2, 0) is 0 Å². The highest BCUT2D eigenvalue weighted by molar-refractivity contribution is 5.35. The smallest absolute Gasteiger partial charge is 0.129 e. The van der Waals surface area contributed by atoms with Gasteiger partial charge in [-0.3, -0.25) is 0 Å². The molecule has 1 aromatic rings. The second-order valence-corrected chi connectivity index (χ2v) is 4.49. The zero-order valence-electron chi connectivity index (χ0n) is 8.22. The molecule has 0 spiro atoms. The normalized spacial score (nSPS) is 28.9. The molecule has 1 aromatic carbocycles. The molecule has 0 aliphatic heterocycles. The van der Waals surface area contributed by atoms with Crippen molar-refractivity contribution in [3.63, 3.8) is 0 Å². The molecule has 0 unspecified atom stereocenters. The second-order valence-electron chi connectivity index (χ2n) is 4.49. The van der Waals surface area contributed by atoms with Crippen molar-refractivity contribution in [3.05, 3.63) is 35.4 Å². The van der Waals surface area contributed by atoms with Gasteiger partial charge < -0.3 is 5.73 Å². The highest BCUT2D eigenvalue weighted by Gasteiger charge is 2.56. The van der Waals surface area contributed by atoms with Gasteiger partial charge in [0.05, 0.1) is 0 Å². The zero-order chi connectivity index (χ0) is 10.5. The van der Waals surface area contributed by atoms with Crippen molar-refractivity contribution in [1.82, 2.24) is 0 Å². The molecule has 0 bridgehead atoms. The summed E-state index contributed by atoms with van der Waals surface area (Å²) in [5.41, 5.74) is 6.28. The Morgan fingerprint density at radius 1 is 1.29 bits per heavy atom. The average Bonchev–Trinajstić information content (AvgIpc) is 2.54. The standard InChI is InChI=1S/C11H13F2N/c1-11(2)9(10(11)14)7-4-3-6(12)5-8(7)13/h3-5,9-10H,14H2,1-2H3/t9-,10-/m0/s1. The van der Waals surface area contributed by atoms with Crippen LogP contribution in [0.2, 0.25) is 0 Å². The van der Waals surface area contributed by atoms with Gasteiger partial charge in [-0.2, -0.15) is 0 Å². The van der Waals surface area contributed by atoms with Crippen molar-refractivity contribution >= 4 is 0 Å². The van der Waals surface area contributed by atoms with E-state index in [9.17, 15) is 8.78 Å². The Bertz CT molecular complexity index is 374. The fraction of sp³-hybridized carbons (Fsp3) is 0.455. The number of rotatable bonds is 1. The van der Waals surface area contributed by atoms with Gasteiger partial charge in [0, 0.05) is 18.0 Å². The fourth-order valence-corrected chi connectivity index (χ4v) is 2.03. The molecule has 2 rings (SSSR count). The summed E-state index contributed by atoms with van der Waals surface area (Å²) in [5.74, 6) is -1.02. The van der Waals surface area contributed by atoms with Crippen LogP contribution in [0.3, 0.4) is 0 Å². The minimum atomic E-state index is -0.543. The van der Waals surface area contributed by atoms with Crippen molar-refractivity contribution in [3.8, 4) is 0 Å². The predicted octanol–water partition coefficient (Wildman–Crippen LogP) is 2.42. The molecule has 1 fully saturated rings.